The number of ether oxygens (including phenoxy) is 1. The Morgan fingerprint density at radius 1 is 1.09 bits per heavy atom. The third-order valence-corrected chi connectivity index (χ3v) is 7.54. The second-order valence-corrected chi connectivity index (χ2v) is 9.77. The zero-order chi connectivity index (χ0) is 24.1. The molecule has 0 unspecified atom stereocenters. The lowest BCUT2D eigenvalue weighted by Gasteiger charge is -2.34. The Bertz CT molecular complexity index is 1050. The van der Waals surface area contributed by atoms with Crippen molar-refractivity contribution in [3.63, 3.8) is 0 Å². The first kappa shape index (κ1) is 24.1. The van der Waals surface area contributed by atoms with Gasteiger partial charge in [0.2, 0.25) is 16.9 Å². The average Bonchev–Trinajstić information content (AvgIpc) is 3.42. The summed E-state index contributed by atoms with van der Waals surface area (Å²) >= 11 is 2.72. The number of imide groups is 1. The molecule has 1 saturated heterocycles. The van der Waals surface area contributed by atoms with Crippen LogP contribution in [0.15, 0.2) is 28.6 Å². The molecular formula is C21H24N6O5S2. The van der Waals surface area contributed by atoms with Crippen LogP contribution in [-0.4, -0.2) is 102 Å². The molecular weight excluding hydrogens is 480 g/mol. The number of carbonyl (C=O) groups is 4. The van der Waals surface area contributed by atoms with Gasteiger partial charge in [0, 0.05) is 39.8 Å². The normalized spacial score (nSPS) is 15.6. The first-order chi connectivity index (χ1) is 16.5. The second-order valence-electron chi connectivity index (χ2n) is 7.59. The third-order valence-electron chi connectivity index (χ3n) is 5.43. The number of carbonyl (C=O) groups excluding carboxylic acids is 4. The number of anilines is 1. The predicted molar refractivity (Wildman–Crippen MR) is 126 cm³/mol. The van der Waals surface area contributed by atoms with Crippen LogP contribution in [0.3, 0.4) is 0 Å². The first-order valence-electron chi connectivity index (χ1n) is 10.7. The molecule has 4 amide bonds. The quantitative estimate of drug-likeness (QED) is 0.292. The number of nitrogens with zero attached hydrogens (tertiary/aromatic N) is 5. The number of thioether (sulfide) groups is 1. The molecule has 0 atom stereocenters. The van der Waals surface area contributed by atoms with Crippen molar-refractivity contribution in [2.75, 3.05) is 63.6 Å². The third kappa shape index (κ3) is 5.37. The van der Waals surface area contributed by atoms with Crippen LogP contribution in [0.1, 0.15) is 20.7 Å². The van der Waals surface area contributed by atoms with E-state index in [2.05, 4.69) is 15.5 Å². The largest absolute Gasteiger partial charge is 0.383 e. The van der Waals surface area contributed by atoms with Crippen molar-refractivity contribution >= 4 is 51.9 Å². The summed E-state index contributed by atoms with van der Waals surface area (Å²) in [7, 11) is 1.58. The van der Waals surface area contributed by atoms with Crippen molar-refractivity contribution in [2.24, 2.45) is 0 Å². The van der Waals surface area contributed by atoms with Crippen molar-refractivity contribution in [3.8, 4) is 0 Å². The summed E-state index contributed by atoms with van der Waals surface area (Å²) in [5.41, 5.74) is 0.671. The Morgan fingerprint density at radius 2 is 1.76 bits per heavy atom. The van der Waals surface area contributed by atoms with E-state index >= 15 is 0 Å². The molecule has 2 aromatic rings. The highest BCUT2D eigenvalue weighted by Gasteiger charge is 2.37. The van der Waals surface area contributed by atoms with Gasteiger partial charge in [-0.3, -0.25) is 24.1 Å². The van der Waals surface area contributed by atoms with Crippen LogP contribution in [0.5, 0.6) is 0 Å². The van der Waals surface area contributed by atoms with Gasteiger partial charge < -0.3 is 19.9 Å². The molecule has 13 heteroatoms. The number of benzene rings is 1. The minimum atomic E-state index is -0.432. The molecule has 1 N–H and O–H groups in total. The van der Waals surface area contributed by atoms with E-state index in [9.17, 15) is 19.2 Å². The van der Waals surface area contributed by atoms with Gasteiger partial charge in [-0.05, 0) is 12.1 Å². The molecule has 1 aromatic carbocycles. The van der Waals surface area contributed by atoms with Crippen molar-refractivity contribution in [2.45, 2.75) is 4.34 Å². The summed E-state index contributed by atoms with van der Waals surface area (Å²) in [5, 5.41) is 11.8. The zero-order valence-corrected chi connectivity index (χ0v) is 20.2. The zero-order valence-electron chi connectivity index (χ0n) is 18.6. The van der Waals surface area contributed by atoms with E-state index in [0.717, 1.165) is 10.0 Å². The Hall–Kier alpha value is -3.03. The van der Waals surface area contributed by atoms with E-state index in [-0.39, 0.29) is 24.1 Å². The van der Waals surface area contributed by atoms with Crippen LogP contribution in [0.2, 0.25) is 0 Å². The molecule has 2 aliphatic heterocycles. The number of aromatic nitrogens is 2. The highest BCUT2D eigenvalue weighted by atomic mass is 32.2. The summed E-state index contributed by atoms with van der Waals surface area (Å²) in [6.07, 6.45) is 0. The van der Waals surface area contributed by atoms with Gasteiger partial charge in [-0.1, -0.05) is 35.2 Å². The standard InChI is InChI=1S/C21H24N6O5S2/c1-32-11-6-22-16(28)13-33-21-24-23-20(34-21)26-9-7-25(8-10-26)17(29)12-27-18(30)14-4-2-3-5-15(14)19(27)31/h2-5H,6-13H2,1H3,(H,22,28). The molecule has 2 aliphatic rings. The SMILES string of the molecule is COCCNC(=O)CSc1nnc(N2CCN(C(=O)CN3C(=O)c4ccccc4C3=O)CC2)s1. The fourth-order valence-electron chi connectivity index (χ4n) is 3.62. The molecule has 11 nitrogen and oxygen atoms in total. The van der Waals surface area contributed by atoms with Crippen LogP contribution in [0.25, 0.3) is 0 Å². The van der Waals surface area contributed by atoms with Crippen LogP contribution in [-0.2, 0) is 14.3 Å². The summed E-state index contributed by atoms with van der Waals surface area (Å²) in [5.74, 6) is -0.970. The van der Waals surface area contributed by atoms with Gasteiger partial charge in [-0.25, -0.2) is 0 Å². The van der Waals surface area contributed by atoms with E-state index in [1.165, 1.54) is 23.1 Å². The van der Waals surface area contributed by atoms with Crippen molar-refractivity contribution < 1.29 is 23.9 Å². The van der Waals surface area contributed by atoms with Gasteiger partial charge in [-0.2, -0.15) is 0 Å². The maximum Gasteiger partial charge on any atom is 0.262 e. The Labute approximate surface area is 204 Å². The van der Waals surface area contributed by atoms with Crippen molar-refractivity contribution in [1.82, 2.24) is 25.3 Å². The van der Waals surface area contributed by atoms with Gasteiger partial charge in [0.1, 0.15) is 6.54 Å². The number of piperazine rings is 1. The molecule has 3 heterocycles. The lowest BCUT2D eigenvalue weighted by molar-refractivity contribution is -0.131. The van der Waals surface area contributed by atoms with E-state index in [1.807, 2.05) is 4.90 Å². The monoisotopic (exact) mass is 504 g/mol. The number of hydrogen-bond acceptors (Lipinski definition) is 10. The maximum absolute atomic E-state index is 12.8. The molecule has 0 radical (unpaired) electrons. The van der Waals surface area contributed by atoms with Crippen molar-refractivity contribution in [3.05, 3.63) is 35.4 Å². The molecule has 4 rings (SSSR count). The van der Waals surface area contributed by atoms with Crippen LogP contribution in [0.4, 0.5) is 5.13 Å². The van der Waals surface area contributed by atoms with Crippen LogP contribution < -0.4 is 10.2 Å². The predicted octanol–water partition coefficient (Wildman–Crippen LogP) is 0.338. The lowest BCUT2D eigenvalue weighted by atomic mass is 10.1. The van der Waals surface area contributed by atoms with Crippen LogP contribution in [0, 0.1) is 0 Å². The van der Waals surface area contributed by atoms with Gasteiger partial charge in [0.05, 0.1) is 23.5 Å². The first-order valence-corrected chi connectivity index (χ1v) is 12.5. The highest BCUT2D eigenvalue weighted by Crippen LogP contribution is 2.28. The highest BCUT2D eigenvalue weighted by molar-refractivity contribution is 8.01. The minimum absolute atomic E-state index is 0.0935. The number of fused-ring (bicyclic) bond motifs is 1. The van der Waals surface area contributed by atoms with E-state index in [4.69, 9.17) is 4.74 Å². The molecule has 1 aromatic heterocycles. The number of methoxy groups -OCH3 is 1. The molecule has 180 valence electrons. The molecule has 0 saturated carbocycles. The van der Waals surface area contributed by atoms with Gasteiger partial charge >= 0.3 is 0 Å². The molecule has 0 bridgehead atoms. The Balaban J connectivity index is 1.24. The molecule has 34 heavy (non-hydrogen) atoms. The topological polar surface area (TPSA) is 125 Å². The Morgan fingerprint density at radius 3 is 2.41 bits per heavy atom. The Kier molecular flexibility index (Phi) is 7.75. The van der Waals surface area contributed by atoms with E-state index < -0.39 is 11.8 Å². The maximum atomic E-state index is 12.8. The van der Waals surface area contributed by atoms with Crippen LogP contribution >= 0.6 is 23.1 Å². The fourth-order valence-corrected chi connectivity index (χ4v) is 5.35. The summed E-state index contributed by atoms with van der Waals surface area (Å²) in [6.45, 7) is 2.69. The summed E-state index contributed by atoms with van der Waals surface area (Å²) < 4.78 is 5.59. The number of nitrogens with one attached hydrogen (secondary N) is 1. The smallest absolute Gasteiger partial charge is 0.262 e. The minimum Gasteiger partial charge on any atom is -0.383 e. The molecule has 0 aliphatic carbocycles. The second kappa shape index (κ2) is 10.9. The molecule has 0 spiro atoms. The van der Waals surface area contributed by atoms with Gasteiger partial charge in [0.25, 0.3) is 11.8 Å². The number of hydrogen-bond donors (Lipinski definition) is 1. The fraction of sp³-hybridized carbons (Fsp3) is 0.429. The summed E-state index contributed by atoms with van der Waals surface area (Å²) in [6, 6.07) is 6.59. The van der Waals surface area contributed by atoms with E-state index in [0.29, 0.717) is 54.8 Å². The molecule has 1 fully saturated rings. The number of amides is 4. The van der Waals surface area contributed by atoms with Gasteiger partial charge in [-0.15, -0.1) is 10.2 Å². The number of rotatable bonds is 9. The van der Waals surface area contributed by atoms with Crippen molar-refractivity contribution in [1.29, 1.82) is 0 Å². The van der Waals surface area contributed by atoms with E-state index in [1.54, 1.807) is 36.3 Å². The van der Waals surface area contributed by atoms with Gasteiger partial charge in [0.15, 0.2) is 4.34 Å². The average molecular weight is 505 g/mol. The lowest BCUT2D eigenvalue weighted by Crippen LogP contribution is -2.51. The summed E-state index contributed by atoms with van der Waals surface area (Å²) in [4.78, 5) is 54.3.